The fourth-order valence-corrected chi connectivity index (χ4v) is 6.41. The Morgan fingerprint density at radius 3 is 1.81 bits per heavy atom. The summed E-state index contributed by atoms with van der Waals surface area (Å²) in [6.45, 7) is 2.40. The average molecular weight is 403 g/mol. The fraction of sp³-hybridized carbons (Fsp3) is 0.290. The Kier molecular flexibility index (Phi) is 4.68. The normalized spacial score (nSPS) is 21.1. The number of allylic oxidation sites excluding steroid dienone is 4. The van der Waals surface area contributed by atoms with Crippen LogP contribution in [0.4, 0.5) is 0 Å². The Morgan fingerprint density at radius 2 is 1.16 bits per heavy atom. The van der Waals surface area contributed by atoms with Crippen molar-refractivity contribution >= 4 is 5.57 Å². The number of rotatable bonds is 5. The Labute approximate surface area is 186 Å². The summed E-state index contributed by atoms with van der Waals surface area (Å²) in [5, 5.41) is 0. The number of unbranched alkanes of at least 4 members (excludes halogenated alkanes) is 1. The molecular weight excluding hydrogens is 372 g/mol. The van der Waals surface area contributed by atoms with Gasteiger partial charge in [-0.2, -0.15) is 0 Å². The molecule has 3 aliphatic carbocycles. The average Bonchev–Trinajstić information content (AvgIpc) is 3.31. The molecule has 0 nitrogen and oxygen atoms in total. The van der Waals surface area contributed by atoms with Crippen LogP contribution in [0.1, 0.15) is 73.1 Å². The molecule has 0 heterocycles. The van der Waals surface area contributed by atoms with E-state index in [1.54, 1.807) is 16.7 Å². The fourth-order valence-electron chi connectivity index (χ4n) is 6.41. The maximum absolute atomic E-state index is 2.43. The molecule has 0 bridgehead atoms. The van der Waals surface area contributed by atoms with E-state index >= 15 is 0 Å². The van der Waals surface area contributed by atoms with Gasteiger partial charge in [-0.15, -0.1) is 0 Å². The van der Waals surface area contributed by atoms with Crippen molar-refractivity contribution in [2.75, 3.05) is 0 Å². The van der Waals surface area contributed by atoms with Crippen molar-refractivity contribution in [3.63, 3.8) is 0 Å². The summed E-state index contributed by atoms with van der Waals surface area (Å²) in [4.78, 5) is 0. The van der Waals surface area contributed by atoms with Crippen molar-refractivity contribution in [1.29, 1.82) is 0 Å². The number of benzene rings is 3. The second kappa shape index (κ2) is 7.68. The van der Waals surface area contributed by atoms with E-state index in [0.29, 0.717) is 17.8 Å². The van der Waals surface area contributed by atoms with Crippen molar-refractivity contribution < 1.29 is 0 Å². The van der Waals surface area contributed by atoms with Crippen LogP contribution in [0.5, 0.6) is 0 Å². The maximum Gasteiger partial charge on any atom is 0.0102 e. The number of fused-ring (bicyclic) bond motifs is 5. The van der Waals surface area contributed by atoms with Crippen LogP contribution in [0.25, 0.3) is 16.7 Å². The first-order chi connectivity index (χ1) is 15.3. The number of hydrogen-bond donors (Lipinski definition) is 0. The van der Waals surface area contributed by atoms with Gasteiger partial charge in [0.2, 0.25) is 0 Å². The van der Waals surface area contributed by atoms with Gasteiger partial charge in [0, 0.05) is 11.8 Å². The molecule has 2 atom stereocenters. The lowest BCUT2D eigenvalue weighted by Crippen LogP contribution is -2.03. The van der Waals surface area contributed by atoms with Crippen LogP contribution in [0.3, 0.4) is 0 Å². The molecule has 3 aromatic rings. The molecule has 0 saturated carbocycles. The van der Waals surface area contributed by atoms with Gasteiger partial charge in [-0.1, -0.05) is 105 Å². The molecule has 3 aliphatic rings. The van der Waals surface area contributed by atoms with Gasteiger partial charge in [-0.25, -0.2) is 0 Å². The second-order valence-corrected chi connectivity index (χ2v) is 9.56. The van der Waals surface area contributed by atoms with E-state index in [1.165, 1.54) is 59.9 Å². The van der Waals surface area contributed by atoms with Gasteiger partial charge in [-0.05, 0) is 69.7 Å². The summed E-state index contributed by atoms with van der Waals surface area (Å²) in [5.74, 6) is 1.80. The molecule has 2 unspecified atom stereocenters. The molecule has 154 valence electrons. The first-order valence-electron chi connectivity index (χ1n) is 12.0. The Morgan fingerprint density at radius 1 is 0.645 bits per heavy atom. The van der Waals surface area contributed by atoms with Crippen LogP contribution in [0.15, 0.2) is 90.5 Å². The quantitative estimate of drug-likeness (QED) is 0.375. The van der Waals surface area contributed by atoms with Gasteiger partial charge in [0.25, 0.3) is 0 Å². The monoisotopic (exact) mass is 402 g/mol. The molecule has 6 rings (SSSR count). The van der Waals surface area contributed by atoms with E-state index in [2.05, 4.69) is 91.9 Å². The molecule has 0 spiro atoms. The minimum Gasteiger partial charge on any atom is -0.0836 e. The Balaban J connectivity index is 1.19. The summed E-state index contributed by atoms with van der Waals surface area (Å²) >= 11 is 0. The molecule has 0 N–H and O–H groups in total. The standard InChI is InChI=1S/C31H30/c1-21-11-10-20-30-28(27-18-8-9-19-29(27)31(21)30)17-7-6-16-26-24-14-4-2-12-22(24)23-13-3-5-15-25(23)26/h2-5,8-10,12-15,18-21,26,28H,6-7,11,16-17H2,1H3. The van der Waals surface area contributed by atoms with Crippen molar-refractivity contribution in [1.82, 2.24) is 0 Å². The Hall–Kier alpha value is -2.86. The molecule has 31 heavy (non-hydrogen) atoms. The van der Waals surface area contributed by atoms with Crippen molar-refractivity contribution in [3.8, 4) is 11.1 Å². The predicted molar refractivity (Wildman–Crippen MR) is 131 cm³/mol. The van der Waals surface area contributed by atoms with Crippen LogP contribution in [-0.4, -0.2) is 0 Å². The third-order valence-electron chi connectivity index (χ3n) is 7.79. The molecule has 0 saturated heterocycles. The van der Waals surface area contributed by atoms with E-state index in [9.17, 15) is 0 Å². The first-order valence-corrected chi connectivity index (χ1v) is 12.0. The highest BCUT2D eigenvalue weighted by atomic mass is 14.4. The third-order valence-corrected chi connectivity index (χ3v) is 7.79. The second-order valence-electron chi connectivity index (χ2n) is 9.56. The van der Waals surface area contributed by atoms with Gasteiger partial charge in [0.05, 0.1) is 0 Å². The van der Waals surface area contributed by atoms with Gasteiger partial charge >= 0.3 is 0 Å². The summed E-state index contributed by atoms with van der Waals surface area (Å²) in [7, 11) is 0. The molecule has 0 fully saturated rings. The largest absolute Gasteiger partial charge is 0.0836 e. The van der Waals surface area contributed by atoms with E-state index in [0.717, 1.165) is 0 Å². The zero-order chi connectivity index (χ0) is 20.8. The van der Waals surface area contributed by atoms with Gasteiger partial charge in [0.15, 0.2) is 0 Å². The van der Waals surface area contributed by atoms with Crippen LogP contribution in [0, 0.1) is 5.92 Å². The lowest BCUT2D eigenvalue weighted by Gasteiger charge is -2.20. The maximum atomic E-state index is 2.43. The molecule has 0 heteroatoms. The third kappa shape index (κ3) is 3.04. The van der Waals surface area contributed by atoms with Crippen molar-refractivity contribution in [3.05, 3.63) is 113 Å². The molecule has 0 aromatic heterocycles. The summed E-state index contributed by atoms with van der Waals surface area (Å²) in [6, 6.07) is 27.2. The molecule has 0 radical (unpaired) electrons. The van der Waals surface area contributed by atoms with E-state index in [-0.39, 0.29) is 0 Å². The van der Waals surface area contributed by atoms with E-state index in [4.69, 9.17) is 0 Å². The summed E-state index contributed by atoms with van der Waals surface area (Å²) in [6.07, 6.45) is 11.1. The van der Waals surface area contributed by atoms with Crippen molar-refractivity contribution in [2.24, 2.45) is 5.92 Å². The zero-order valence-electron chi connectivity index (χ0n) is 18.4. The first kappa shape index (κ1) is 18.9. The molecule has 0 amide bonds. The lowest BCUT2D eigenvalue weighted by molar-refractivity contribution is 0.580. The molecule has 0 aliphatic heterocycles. The minimum absolute atomic E-state index is 0.563. The van der Waals surface area contributed by atoms with Gasteiger partial charge in [-0.3, -0.25) is 0 Å². The van der Waals surface area contributed by atoms with Crippen LogP contribution in [-0.2, 0) is 0 Å². The highest BCUT2D eigenvalue weighted by Gasteiger charge is 2.33. The minimum atomic E-state index is 0.563. The van der Waals surface area contributed by atoms with E-state index in [1.807, 2.05) is 0 Å². The topological polar surface area (TPSA) is 0 Å². The predicted octanol–water partition coefficient (Wildman–Crippen LogP) is 8.51. The SMILES string of the molecule is CC1CC=CC2=C1c1ccccc1C2CCCCC1c2ccccc2-c2ccccc21. The van der Waals surface area contributed by atoms with Gasteiger partial charge < -0.3 is 0 Å². The molecular formula is C31H30. The van der Waals surface area contributed by atoms with Crippen LogP contribution >= 0.6 is 0 Å². The van der Waals surface area contributed by atoms with Crippen LogP contribution < -0.4 is 0 Å². The summed E-state index contributed by atoms with van der Waals surface area (Å²) in [5.41, 5.74) is 12.3. The van der Waals surface area contributed by atoms with Crippen molar-refractivity contribution in [2.45, 2.75) is 50.9 Å². The smallest absolute Gasteiger partial charge is 0.0102 e. The van der Waals surface area contributed by atoms with Gasteiger partial charge in [0.1, 0.15) is 0 Å². The number of hydrogen-bond acceptors (Lipinski definition) is 0. The van der Waals surface area contributed by atoms with Crippen LogP contribution in [0.2, 0.25) is 0 Å². The highest BCUT2D eigenvalue weighted by molar-refractivity contribution is 5.82. The highest BCUT2D eigenvalue weighted by Crippen LogP contribution is 2.51. The molecule has 3 aromatic carbocycles. The summed E-state index contributed by atoms with van der Waals surface area (Å²) < 4.78 is 0. The Bertz CT molecular complexity index is 1150. The lowest BCUT2D eigenvalue weighted by atomic mass is 9.84. The zero-order valence-corrected chi connectivity index (χ0v) is 18.4. The van der Waals surface area contributed by atoms with E-state index < -0.39 is 0 Å².